The average molecular weight is 1220 g/mol. The van der Waals surface area contributed by atoms with E-state index in [-0.39, 0.29) is 106 Å². The van der Waals surface area contributed by atoms with Crippen molar-refractivity contribution in [3.05, 3.63) is 58.1 Å². The molecule has 0 spiro atoms. The predicted molar refractivity (Wildman–Crippen MR) is 317 cm³/mol. The van der Waals surface area contributed by atoms with E-state index in [1.54, 1.807) is 56.0 Å². The van der Waals surface area contributed by atoms with E-state index >= 15 is 0 Å². The number of nitrogens with two attached hydrogens (primary N) is 1. The van der Waals surface area contributed by atoms with E-state index in [0.29, 0.717) is 104 Å². The Hall–Kier alpha value is -6.10. The fourth-order valence-corrected chi connectivity index (χ4v) is 13.5. The summed E-state index contributed by atoms with van der Waals surface area (Å²) in [4.78, 5) is 95.2. The van der Waals surface area contributed by atoms with Crippen LogP contribution >= 0.6 is 11.8 Å². The number of nitrogen functional groups attached to an aromatic ring is 1. The van der Waals surface area contributed by atoms with Crippen molar-refractivity contribution in [2.75, 3.05) is 91.8 Å². The van der Waals surface area contributed by atoms with E-state index in [0.717, 1.165) is 37.9 Å². The van der Waals surface area contributed by atoms with Gasteiger partial charge in [-0.2, -0.15) is 16.5 Å². The van der Waals surface area contributed by atoms with Crippen LogP contribution in [0.1, 0.15) is 111 Å². The molecule has 27 heteroatoms. The summed E-state index contributed by atoms with van der Waals surface area (Å²) in [6.45, 7) is 7.88. The van der Waals surface area contributed by atoms with Crippen LogP contribution in [0, 0.1) is 26.2 Å². The molecular weight excluding hydrogens is 1130 g/mol. The number of hydrogen-bond acceptors (Lipinski definition) is 16. The third-order valence-electron chi connectivity index (χ3n) is 14.9. The molecule has 3 fully saturated rings. The highest BCUT2D eigenvalue weighted by molar-refractivity contribution is 8.00. The number of hydrogen-bond donors (Lipinski definition) is 11. The summed E-state index contributed by atoms with van der Waals surface area (Å²) in [6, 6.07) is 4.55. The summed E-state index contributed by atoms with van der Waals surface area (Å²) in [7, 11) is -3.05. The summed E-state index contributed by atoms with van der Waals surface area (Å²) >= 11 is 1.84. The Morgan fingerprint density at radius 3 is 2.12 bits per heavy atom. The number of benzene rings is 2. The molecule has 3 aliphatic rings. The van der Waals surface area contributed by atoms with E-state index in [1.807, 2.05) is 11.8 Å². The number of aliphatic hydroxyl groups is 1. The number of nitrogens with zero attached hydrogens (tertiary/aromatic N) is 1. The zero-order valence-corrected chi connectivity index (χ0v) is 50.7. The molecule has 5 rings (SSSR count). The number of fused-ring (bicyclic) bond motifs is 1. The Labute approximate surface area is 497 Å². The quantitative estimate of drug-likeness (QED) is 0.0194. The maximum Gasteiger partial charge on any atom is 0.315 e. The Morgan fingerprint density at radius 2 is 1.43 bits per heavy atom. The van der Waals surface area contributed by atoms with Crippen LogP contribution in [0.4, 0.5) is 4.79 Å². The minimum atomic E-state index is -4.51. The van der Waals surface area contributed by atoms with E-state index in [4.69, 9.17) is 35.2 Å². The third-order valence-corrected chi connectivity index (χ3v) is 18.1. The number of likely N-dealkylation sites (tertiary alicyclic amines) is 1. The standard InChI is InChI=1S/C57H89N11O14S2/c1-37-33-46(79-4)38(2)39(3)52(37)84(77,78)67-43(55(74)64-44(56(75)68-24-10-5-11-25-68)34-40-17-19-41(20-18-40)53(58)59)35-50(72)61-22-12-16-49(71)63-42(54(73)62-23-27-80-29-31-82-32-30-81-28-26-69)13-8-9-21-60-48(70)15-7-6-14-47-51-45(36-83-47)65-57(76)66-51/h17-20,33,42-45,47,51,67,69H,5-16,21-32,34-36H2,1-4H3,(H3,58,59)(H,60,70)(H,61,72)(H,62,73)(H,63,71)(H,64,74)(H2,65,66,76)/t42?,43-,44+,45?,47-,51-/m0/s1. The van der Waals surface area contributed by atoms with Crippen molar-refractivity contribution in [2.45, 2.75) is 151 Å². The number of ether oxygens (including phenoxy) is 4. The SMILES string of the molecule is COc1cc(C)c(S(=O)(=O)N[C@@H](CC(=O)NCCCC(=O)NC(CCCCNC(=O)CCCC[C@@H]2SCC3NC(=O)N[C@@H]32)C(=O)NCCOCCOCCOCCO)C(=O)N[C@H](Cc2ccc(C(=N)N)cc2)C(=O)N2CCCCC2)c(C)c1C. The molecule has 0 aliphatic carbocycles. The number of aryl methyl sites for hydroxylation is 1. The summed E-state index contributed by atoms with van der Waals surface area (Å²) in [5.41, 5.74) is 8.04. The summed E-state index contributed by atoms with van der Waals surface area (Å²) in [6.07, 6.45) is 5.95. The van der Waals surface area contributed by atoms with Gasteiger partial charge in [0.2, 0.25) is 45.5 Å². The fraction of sp³-hybridized carbons (Fsp3) is 0.649. The first-order chi connectivity index (χ1) is 40.3. The molecule has 0 saturated carbocycles. The Bertz CT molecular complexity index is 2630. The minimum Gasteiger partial charge on any atom is -0.496 e. The third kappa shape index (κ3) is 22.7. The second-order valence-corrected chi connectivity index (χ2v) is 24.2. The molecule has 12 N–H and O–H groups in total. The number of thioether (sulfide) groups is 1. The van der Waals surface area contributed by atoms with Gasteiger partial charge in [-0.15, -0.1) is 0 Å². The molecule has 2 unspecified atom stereocenters. The Kier molecular flexibility index (Phi) is 29.5. The van der Waals surface area contributed by atoms with E-state index < -0.39 is 58.2 Å². The number of aliphatic hydroxyl groups excluding tert-OH is 1. The predicted octanol–water partition coefficient (Wildman–Crippen LogP) is 1.23. The molecule has 2 aromatic rings. The van der Waals surface area contributed by atoms with Crippen molar-refractivity contribution in [3.63, 3.8) is 0 Å². The van der Waals surface area contributed by atoms with Crippen LogP contribution in [0.25, 0.3) is 0 Å². The number of carbonyl (C=O) groups excluding carboxylic acids is 7. The van der Waals surface area contributed by atoms with Crippen LogP contribution in [-0.4, -0.2) is 193 Å². The lowest BCUT2D eigenvalue weighted by molar-refractivity contribution is -0.137. The first-order valence-electron chi connectivity index (χ1n) is 29.1. The van der Waals surface area contributed by atoms with Crippen molar-refractivity contribution in [2.24, 2.45) is 5.73 Å². The zero-order valence-electron chi connectivity index (χ0n) is 49.0. The molecule has 468 valence electrons. The van der Waals surface area contributed by atoms with Crippen molar-refractivity contribution in [1.82, 2.24) is 46.8 Å². The summed E-state index contributed by atoms with van der Waals surface area (Å²) < 4.78 is 52.8. The molecule has 8 amide bonds. The molecule has 84 heavy (non-hydrogen) atoms. The molecular formula is C57H89N11O14S2. The number of unbranched alkanes of at least 4 members (excludes halogenated alkanes) is 2. The largest absolute Gasteiger partial charge is 0.496 e. The van der Waals surface area contributed by atoms with Crippen molar-refractivity contribution in [1.29, 1.82) is 5.41 Å². The highest BCUT2D eigenvalue weighted by Crippen LogP contribution is 2.34. The maximum absolute atomic E-state index is 14.5. The first-order valence-corrected chi connectivity index (χ1v) is 31.7. The monoisotopic (exact) mass is 1220 g/mol. The van der Waals surface area contributed by atoms with Crippen LogP contribution < -0.4 is 52.4 Å². The summed E-state index contributed by atoms with van der Waals surface area (Å²) in [5, 5.41) is 36.9. The van der Waals surface area contributed by atoms with Gasteiger partial charge in [-0.1, -0.05) is 30.7 Å². The van der Waals surface area contributed by atoms with Gasteiger partial charge in [0, 0.05) is 68.6 Å². The number of piperidine rings is 1. The van der Waals surface area contributed by atoms with Gasteiger partial charge in [0.15, 0.2) is 0 Å². The number of methoxy groups -OCH3 is 1. The van der Waals surface area contributed by atoms with Gasteiger partial charge in [-0.05, 0) is 107 Å². The van der Waals surface area contributed by atoms with Gasteiger partial charge in [-0.3, -0.25) is 34.2 Å². The highest BCUT2D eigenvalue weighted by Gasteiger charge is 2.42. The molecule has 6 atom stereocenters. The van der Waals surface area contributed by atoms with Crippen molar-refractivity contribution < 1.29 is 66.0 Å². The second-order valence-electron chi connectivity index (χ2n) is 21.3. The van der Waals surface area contributed by atoms with Gasteiger partial charge in [0.05, 0.1) is 76.8 Å². The van der Waals surface area contributed by atoms with E-state index in [9.17, 15) is 42.0 Å². The van der Waals surface area contributed by atoms with Crippen LogP contribution in [-0.2, 0) is 59.4 Å². The Morgan fingerprint density at radius 1 is 0.762 bits per heavy atom. The van der Waals surface area contributed by atoms with Crippen LogP contribution in [0.3, 0.4) is 0 Å². The lowest BCUT2D eigenvalue weighted by Gasteiger charge is -2.31. The van der Waals surface area contributed by atoms with Gasteiger partial charge < -0.3 is 71.9 Å². The molecule has 0 aromatic heterocycles. The number of carbonyl (C=O) groups is 7. The smallest absolute Gasteiger partial charge is 0.315 e. The maximum atomic E-state index is 14.5. The van der Waals surface area contributed by atoms with Crippen molar-refractivity contribution in [3.8, 4) is 5.75 Å². The van der Waals surface area contributed by atoms with Gasteiger partial charge in [0.1, 0.15) is 29.7 Å². The molecule has 25 nitrogen and oxygen atoms in total. The lowest BCUT2D eigenvalue weighted by Crippen LogP contribution is -2.56. The Balaban J connectivity index is 1.17. The molecule has 2 aromatic carbocycles. The molecule has 3 saturated heterocycles. The average Bonchev–Trinajstić information content (AvgIpc) is 2.93. The first kappa shape index (κ1) is 68.7. The number of rotatable bonds is 39. The molecule has 3 heterocycles. The van der Waals surface area contributed by atoms with Gasteiger partial charge >= 0.3 is 6.03 Å². The number of sulfonamides is 1. The summed E-state index contributed by atoms with van der Waals surface area (Å²) in [5.74, 6) is -1.80. The number of urea groups is 1. The van der Waals surface area contributed by atoms with Gasteiger partial charge in [0.25, 0.3) is 0 Å². The van der Waals surface area contributed by atoms with E-state index in [1.165, 1.54) is 7.11 Å². The topological polar surface area (TPSA) is 360 Å². The van der Waals surface area contributed by atoms with Crippen molar-refractivity contribution >= 4 is 69.1 Å². The minimum absolute atomic E-state index is 0.0175. The fourth-order valence-electron chi connectivity index (χ4n) is 10.3. The normalized spacial score (nSPS) is 17.7. The number of amides is 8. The van der Waals surface area contributed by atoms with E-state index in [2.05, 4.69) is 41.9 Å². The van der Waals surface area contributed by atoms with Crippen LogP contribution in [0.2, 0.25) is 0 Å². The number of nitrogens with one attached hydrogen (secondary N) is 9. The molecule has 0 bridgehead atoms. The number of amidine groups is 1. The molecule has 3 aliphatic heterocycles. The second kappa shape index (κ2) is 36.0. The van der Waals surface area contributed by atoms with Gasteiger partial charge in [-0.25, -0.2) is 13.2 Å². The van der Waals surface area contributed by atoms with Crippen LogP contribution in [0.15, 0.2) is 35.2 Å². The van der Waals surface area contributed by atoms with Crippen LogP contribution in [0.5, 0.6) is 5.75 Å². The molecule has 0 radical (unpaired) electrons. The highest BCUT2D eigenvalue weighted by atomic mass is 32.2. The lowest BCUT2D eigenvalue weighted by atomic mass is 10.0. The zero-order chi connectivity index (χ0) is 61.0.